The monoisotopic (exact) mass is 289 g/mol. The summed E-state index contributed by atoms with van der Waals surface area (Å²) in [4.78, 5) is 21.9. The second-order valence-electron chi connectivity index (χ2n) is 5.95. The third kappa shape index (κ3) is 11.8. The Bertz CT molecular complexity index is 311. The minimum absolute atomic E-state index is 0.0588. The third-order valence-corrected chi connectivity index (χ3v) is 2.48. The van der Waals surface area contributed by atoms with Crippen LogP contribution in [0.2, 0.25) is 0 Å². The predicted octanol–water partition coefficient (Wildman–Crippen LogP) is 2.56. The fourth-order valence-electron chi connectivity index (χ4n) is 1.44. The SMILES string of the molecule is CC(CCOC(C)CCC(=O)O)NC(=O)OC(C)(C)C. The van der Waals surface area contributed by atoms with Gasteiger partial charge in [0, 0.05) is 19.1 Å². The number of carboxylic acids is 1. The van der Waals surface area contributed by atoms with Gasteiger partial charge in [-0.05, 0) is 47.5 Å². The van der Waals surface area contributed by atoms with Crippen LogP contribution in [0.5, 0.6) is 0 Å². The Morgan fingerprint density at radius 2 is 1.80 bits per heavy atom. The van der Waals surface area contributed by atoms with Gasteiger partial charge in [0.2, 0.25) is 0 Å². The number of rotatable bonds is 8. The maximum absolute atomic E-state index is 11.5. The zero-order valence-electron chi connectivity index (χ0n) is 13.1. The Kier molecular flexibility index (Phi) is 8.22. The van der Waals surface area contributed by atoms with Gasteiger partial charge >= 0.3 is 12.1 Å². The molecule has 0 aliphatic rings. The molecule has 0 aliphatic heterocycles. The van der Waals surface area contributed by atoms with E-state index >= 15 is 0 Å². The molecule has 0 fully saturated rings. The molecule has 2 atom stereocenters. The van der Waals surface area contributed by atoms with E-state index in [2.05, 4.69) is 5.32 Å². The fraction of sp³-hybridized carbons (Fsp3) is 0.857. The summed E-state index contributed by atoms with van der Waals surface area (Å²) in [6.07, 6.45) is 0.705. The molecule has 0 rings (SSSR count). The van der Waals surface area contributed by atoms with Crippen LogP contribution in [0.1, 0.15) is 53.9 Å². The molecule has 0 heterocycles. The Hall–Kier alpha value is -1.30. The van der Waals surface area contributed by atoms with E-state index < -0.39 is 17.7 Å². The summed E-state index contributed by atoms with van der Waals surface area (Å²) in [7, 11) is 0. The molecule has 2 N–H and O–H groups in total. The smallest absolute Gasteiger partial charge is 0.407 e. The van der Waals surface area contributed by atoms with Crippen molar-refractivity contribution in [2.24, 2.45) is 0 Å². The quantitative estimate of drug-likeness (QED) is 0.717. The van der Waals surface area contributed by atoms with E-state index in [0.717, 1.165) is 0 Å². The number of nitrogens with one attached hydrogen (secondary N) is 1. The standard InChI is InChI=1S/C14H27NO5/c1-10(15-13(18)20-14(3,4)5)8-9-19-11(2)6-7-12(16)17/h10-11H,6-9H2,1-5H3,(H,15,18)(H,16,17). The van der Waals surface area contributed by atoms with Gasteiger partial charge in [0.15, 0.2) is 0 Å². The summed E-state index contributed by atoms with van der Waals surface area (Å²) in [5.41, 5.74) is -0.508. The van der Waals surface area contributed by atoms with Crippen molar-refractivity contribution >= 4 is 12.1 Å². The first-order valence-electron chi connectivity index (χ1n) is 6.93. The molecule has 20 heavy (non-hydrogen) atoms. The second-order valence-corrected chi connectivity index (χ2v) is 5.95. The lowest BCUT2D eigenvalue weighted by molar-refractivity contribution is -0.137. The fourth-order valence-corrected chi connectivity index (χ4v) is 1.44. The topological polar surface area (TPSA) is 84.9 Å². The molecule has 0 saturated carbocycles. The van der Waals surface area contributed by atoms with Crippen molar-refractivity contribution in [3.63, 3.8) is 0 Å². The first-order chi connectivity index (χ1) is 9.10. The number of aliphatic carboxylic acids is 1. The van der Waals surface area contributed by atoms with Gasteiger partial charge in [0.05, 0.1) is 6.10 Å². The average molecular weight is 289 g/mol. The van der Waals surface area contributed by atoms with Crippen molar-refractivity contribution in [1.29, 1.82) is 0 Å². The molecule has 118 valence electrons. The molecule has 2 unspecified atom stereocenters. The van der Waals surface area contributed by atoms with E-state index in [1.165, 1.54) is 0 Å². The van der Waals surface area contributed by atoms with Gasteiger partial charge in [0.1, 0.15) is 5.60 Å². The van der Waals surface area contributed by atoms with Crippen molar-refractivity contribution in [2.75, 3.05) is 6.61 Å². The number of alkyl carbamates (subject to hydrolysis) is 1. The molecule has 6 heteroatoms. The zero-order chi connectivity index (χ0) is 15.8. The van der Waals surface area contributed by atoms with Crippen LogP contribution < -0.4 is 5.32 Å². The highest BCUT2D eigenvalue weighted by Gasteiger charge is 2.17. The average Bonchev–Trinajstić information content (AvgIpc) is 2.23. The van der Waals surface area contributed by atoms with Crippen LogP contribution in [-0.4, -0.2) is 41.5 Å². The summed E-state index contributed by atoms with van der Waals surface area (Å²) in [6, 6.07) is -0.0588. The molecule has 1 amide bonds. The van der Waals surface area contributed by atoms with Crippen LogP contribution in [0.15, 0.2) is 0 Å². The van der Waals surface area contributed by atoms with Crippen molar-refractivity contribution in [2.45, 2.75) is 71.6 Å². The molecule has 0 radical (unpaired) electrons. The Balaban J connectivity index is 3.75. The van der Waals surface area contributed by atoms with Crippen LogP contribution in [-0.2, 0) is 14.3 Å². The van der Waals surface area contributed by atoms with Crippen LogP contribution in [0.3, 0.4) is 0 Å². The maximum atomic E-state index is 11.5. The van der Waals surface area contributed by atoms with Crippen molar-refractivity contribution in [1.82, 2.24) is 5.32 Å². The lowest BCUT2D eigenvalue weighted by Crippen LogP contribution is -2.38. The minimum atomic E-state index is -0.819. The zero-order valence-corrected chi connectivity index (χ0v) is 13.1. The summed E-state index contributed by atoms with van der Waals surface area (Å²) < 4.78 is 10.6. The molecule has 0 aromatic carbocycles. The van der Waals surface area contributed by atoms with Crippen molar-refractivity contribution in [3.8, 4) is 0 Å². The van der Waals surface area contributed by atoms with Crippen LogP contribution >= 0.6 is 0 Å². The lowest BCUT2D eigenvalue weighted by atomic mass is 10.2. The highest BCUT2D eigenvalue weighted by molar-refractivity contribution is 5.68. The van der Waals surface area contributed by atoms with Gasteiger partial charge in [-0.1, -0.05) is 0 Å². The number of carbonyl (C=O) groups excluding carboxylic acids is 1. The Morgan fingerprint density at radius 3 is 2.30 bits per heavy atom. The normalized spacial score (nSPS) is 14.4. The first kappa shape index (κ1) is 18.7. The molecular formula is C14H27NO5. The number of hydrogen-bond acceptors (Lipinski definition) is 4. The summed E-state index contributed by atoms with van der Waals surface area (Å²) in [5, 5.41) is 11.3. The number of ether oxygens (including phenoxy) is 2. The van der Waals surface area contributed by atoms with Crippen LogP contribution in [0.4, 0.5) is 4.79 Å². The first-order valence-corrected chi connectivity index (χ1v) is 6.93. The molecule has 0 aromatic heterocycles. The van der Waals surface area contributed by atoms with Gasteiger partial charge in [0.25, 0.3) is 0 Å². The van der Waals surface area contributed by atoms with Gasteiger partial charge < -0.3 is 19.9 Å². The molecule has 6 nitrogen and oxygen atoms in total. The Labute approximate surface area is 120 Å². The van der Waals surface area contributed by atoms with Gasteiger partial charge in [-0.15, -0.1) is 0 Å². The van der Waals surface area contributed by atoms with Gasteiger partial charge in [-0.25, -0.2) is 4.79 Å². The summed E-state index contributed by atoms with van der Waals surface area (Å²) in [6.45, 7) is 9.61. The van der Waals surface area contributed by atoms with E-state index in [1.807, 2.05) is 34.6 Å². The maximum Gasteiger partial charge on any atom is 0.407 e. The molecule has 0 spiro atoms. The van der Waals surface area contributed by atoms with E-state index in [4.69, 9.17) is 14.6 Å². The van der Waals surface area contributed by atoms with E-state index in [9.17, 15) is 9.59 Å². The van der Waals surface area contributed by atoms with Gasteiger partial charge in [-0.2, -0.15) is 0 Å². The lowest BCUT2D eigenvalue weighted by Gasteiger charge is -2.22. The van der Waals surface area contributed by atoms with E-state index in [1.54, 1.807) is 0 Å². The molecule has 0 saturated heterocycles. The minimum Gasteiger partial charge on any atom is -0.481 e. The predicted molar refractivity (Wildman–Crippen MR) is 75.7 cm³/mol. The van der Waals surface area contributed by atoms with E-state index in [-0.39, 0.29) is 18.6 Å². The van der Waals surface area contributed by atoms with Crippen LogP contribution in [0, 0.1) is 0 Å². The third-order valence-electron chi connectivity index (χ3n) is 2.48. The highest BCUT2D eigenvalue weighted by Crippen LogP contribution is 2.07. The number of carbonyl (C=O) groups is 2. The largest absolute Gasteiger partial charge is 0.481 e. The molecule has 0 bridgehead atoms. The van der Waals surface area contributed by atoms with Crippen molar-refractivity contribution < 1.29 is 24.2 Å². The number of carboxylic acid groups (broad SMARTS) is 1. The summed E-state index contributed by atoms with van der Waals surface area (Å²) in [5.74, 6) is -0.819. The molecule has 0 aliphatic carbocycles. The summed E-state index contributed by atoms with van der Waals surface area (Å²) >= 11 is 0. The van der Waals surface area contributed by atoms with Crippen LogP contribution in [0.25, 0.3) is 0 Å². The molecule has 0 aromatic rings. The second kappa shape index (κ2) is 8.79. The van der Waals surface area contributed by atoms with E-state index in [0.29, 0.717) is 19.4 Å². The number of hydrogen-bond donors (Lipinski definition) is 2. The van der Waals surface area contributed by atoms with Gasteiger partial charge in [-0.3, -0.25) is 4.79 Å². The molecular weight excluding hydrogens is 262 g/mol. The van der Waals surface area contributed by atoms with Crippen molar-refractivity contribution in [3.05, 3.63) is 0 Å². The number of amides is 1. The Morgan fingerprint density at radius 1 is 1.20 bits per heavy atom. The highest BCUT2D eigenvalue weighted by atomic mass is 16.6.